The summed E-state index contributed by atoms with van der Waals surface area (Å²) >= 11 is 3.18. The highest BCUT2D eigenvalue weighted by Gasteiger charge is 2.10. The molecule has 3 N–H and O–H groups in total. The summed E-state index contributed by atoms with van der Waals surface area (Å²) < 4.78 is 5.70. The highest BCUT2D eigenvalue weighted by atomic mass is 79.9. The Morgan fingerprint density at radius 2 is 1.68 bits per heavy atom. The van der Waals surface area contributed by atoms with Crippen LogP contribution in [-0.2, 0) is 0 Å². The summed E-state index contributed by atoms with van der Waals surface area (Å²) in [6.07, 6.45) is 0.270. The molecule has 19 heavy (non-hydrogen) atoms. The molecule has 2 rings (SSSR count). The lowest BCUT2D eigenvalue weighted by Gasteiger charge is -2.04. The van der Waals surface area contributed by atoms with Crippen molar-refractivity contribution < 1.29 is 19.1 Å². The van der Waals surface area contributed by atoms with Gasteiger partial charge in [0.05, 0.1) is 4.47 Å². The van der Waals surface area contributed by atoms with Gasteiger partial charge in [0.25, 0.3) is 5.91 Å². The molecule has 1 aromatic carbocycles. The maximum Gasteiger partial charge on any atom is 0.409 e. The van der Waals surface area contributed by atoms with E-state index in [1.54, 1.807) is 30.3 Å². The van der Waals surface area contributed by atoms with E-state index < -0.39 is 6.09 Å². The van der Waals surface area contributed by atoms with Crippen LogP contribution in [0.2, 0.25) is 0 Å². The molecule has 0 spiro atoms. The Kier molecular flexibility index (Phi) is 3.86. The van der Waals surface area contributed by atoms with E-state index in [4.69, 9.17) is 9.52 Å². The predicted molar refractivity (Wildman–Crippen MR) is 72.5 cm³/mol. The van der Waals surface area contributed by atoms with Crippen LogP contribution in [0.4, 0.5) is 16.2 Å². The summed E-state index contributed by atoms with van der Waals surface area (Å²) in [5.41, 5.74) is 0.958. The first-order valence-electron chi connectivity index (χ1n) is 5.20. The second-order valence-electron chi connectivity index (χ2n) is 3.59. The monoisotopic (exact) mass is 324 g/mol. The molecule has 0 saturated heterocycles. The molecule has 0 fully saturated rings. The molecule has 6 nitrogen and oxygen atoms in total. The van der Waals surface area contributed by atoms with Crippen molar-refractivity contribution in [3.05, 3.63) is 46.8 Å². The van der Waals surface area contributed by atoms with Gasteiger partial charge in [-0.2, -0.15) is 0 Å². The second-order valence-corrected chi connectivity index (χ2v) is 4.51. The summed E-state index contributed by atoms with van der Waals surface area (Å²) in [4.78, 5) is 22.2. The molecule has 0 atom stereocenters. The van der Waals surface area contributed by atoms with Crippen molar-refractivity contribution in [2.24, 2.45) is 0 Å². The highest BCUT2D eigenvalue weighted by Crippen LogP contribution is 2.17. The highest BCUT2D eigenvalue weighted by molar-refractivity contribution is 9.10. The fraction of sp³-hybridized carbons (Fsp3) is 0. The summed E-state index contributed by atoms with van der Waals surface area (Å²) in [5.74, 6) is -0.204. The molecule has 2 amide bonds. The minimum atomic E-state index is -1.14. The summed E-state index contributed by atoms with van der Waals surface area (Å²) in [7, 11) is 0. The molecule has 0 saturated carbocycles. The number of furan rings is 1. The van der Waals surface area contributed by atoms with Gasteiger partial charge in [0.1, 0.15) is 6.26 Å². The Bertz CT molecular complexity index is 606. The van der Waals surface area contributed by atoms with Crippen LogP contribution in [0.15, 0.2) is 45.5 Å². The van der Waals surface area contributed by atoms with Crippen LogP contribution in [0.25, 0.3) is 0 Å². The number of hydrogen-bond acceptors (Lipinski definition) is 3. The van der Waals surface area contributed by atoms with Gasteiger partial charge in [0, 0.05) is 17.4 Å². The van der Waals surface area contributed by atoms with Crippen molar-refractivity contribution in [3.63, 3.8) is 0 Å². The van der Waals surface area contributed by atoms with Gasteiger partial charge in [-0.25, -0.2) is 4.79 Å². The predicted octanol–water partition coefficient (Wildman–Crippen LogP) is 3.38. The van der Waals surface area contributed by atoms with Gasteiger partial charge in [0.2, 0.25) is 0 Å². The first-order valence-corrected chi connectivity index (χ1v) is 5.99. The first-order chi connectivity index (χ1) is 9.04. The van der Waals surface area contributed by atoms with E-state index in [1.807, 2.05) is 0 Å². The van der Waals surface area contributed by atoms with Crippen LogP contribution in [-0.4, -0.2) is 17.1 Å². The van der Waals surface area contributed by atoms with Gasteiger partial charge in [0.15, 0.2) is 5.76 Å². The molecular formula is C12H9BrN2O4. The third kappa shape index (κ3) is 3.59. The fourth-order valence-electron chi connectivity index (χ4n) is 1.39. The topological polar surface area (TPSA) is 91.6 Å². The molecule has 98 valence electrons. The molecule has 0 bridgehead atoms. The number of carbonyl (C=O) groups is 2. The average molecular weight is 325 g/mol. The molecule has 0 aliphatic carbocycles. The van der Waals surface area contributed by atoms with Crippen molar-refractivity contribution >= 4 is 39.3 Å². The van der Waals surface area contributed by atoms with Crippen molar-refractivity contribution in [2.75, 3.05) is 10.6 Å². The van der Waals surface area contributed by atoms with Crippen molar-refractivity contribution in [2.45, 2.75) is 0 Å². The van der Waals surface area contributed by atoms with Gasteiger partial charge in [-0.15, -0.1) is 0 Å². The van der Waals surface area contributed by atoms with Crippen LogP contribution in [0.1, 0.15) is 10.6 Å². The normalized spacial score (nSPS) is 9.95. The Morgan fingerprint density at radius 3 is 2.16 bits per heavy atom. The van der Waals surface area contributed by atoms with E-state index in [0.717, 1.165) is 0 Å². The molecule has 1 aromatic heterocycles. The van der Waals surface area contributed by atoms with Gasteiger partial charge in [-0.3, -0.25) is 10.1 Å². The zero-order valence-electron chi connectivity index (χ0n) is 9.51. The molecule has 0 aliphatic heterocycles. The van der Waals surface area contributed by atoms with Gasteiger partial charge < -0.3 is 14.8 Å². The average Bonchev–Trinajstić information content (AvgIpc) is 2.78. The largest absolute Gasteiger partial charge is 0.465 e. The van der Waals surface area contributed by atoms with Crippen LogP contribution < -0.4 is 10.6 Å². The second kappa shape index (κ2) is 5.57. The zero-order chi connectivity index (χ0) is 13.8. The summed E-state index contributed by atoms with van der Waals surface area (Å²) in [6.45, 7) is 0. The lowest BCUT2D eigenvalue weighted by molar-refractivity contribution is 0.0996. The minimum Gasteiger partial charge on any atom is -0.465 e. The van der Waals surface area contributed by atoms with Crippen molar-refractivity contribution in [1.82, 2.24) is 0 Å². The fourth-order valence-corrected chi connectivity index (χ4v) is 1.69. The smallest absolute Gasteiger partial charge is 0.409 e. The summed E-state index contributed by atoms with van der Waals surface area (Å²) in [5, 5.41) is 13.4. The van der Waals surface area contributed by atoms with E-state index >= 15 is 0 Å². The molecule has 2 aromatic rings. The molecule has 1 heterocycles. The lowest BCUT2D eigenvalue weighted by atomic mass is 10.2. The van der Waals surface area contributed by atoms with E-state index in [1.165, 1.54) is 6.26 Å². The van der Waals surface area contributed by atoms with E-state index in [0.29, 0.717) is 15.8 Å². The Balaban J connectivity index is 2.03. The van der Waals surface area contributed by atoms with E-state index in [9.17, 15) is 9.59 Å². The number of rotatable bonds is 3. The number of carboxylic acid groups (broad SMARTS) is 1. The van der Waals surface area contributed by atoms with Crippen LogP contribution >= 0.6 is 15.9 Å². The van der Waals surface area contributed by atoms with E-state index in [2.05, 4.69) is 26.6 Å². The molecule has 7 heteroatoms. The number of carbonyl (C=O) groups excluding carboxylic acids is 1. The molecule has 0 unspecified atom stereocenters. The van der Waals surface area contributed by atoms with Gasteiger partial charge in [-0.1, -0.05) is 0 Å². The van der Waals surface area contributed by atoms with Gasteiger partial charge in [-0.05, 0) is 40.2 Å². The standard InChI is InChI=1S/C12H9BrN2O4/c13-7-5-10(19-6-7)11(16)14-8-1-3-9(4-2-8)15-12(17)18/h1-6,15H,(H,14,16)(H,17,18). The van der Waals surface area contributed by atoms with Crippen molar-refractivity contribution in [3.8, 4) is 0 Å². The number of anilines is 2. The van der Waals surface area contributed by atoms with Gasteiger partial charge >= 0.3 is 6.09 Å². The quantitative estimate of drug-likeness (QED) is 0.807. The zero-order valence-corrected chi connectivity index (χ0v) is 11.1. The molecular weight excluding hydrogens is 316 g/mol. The van der Waals surface area contributed by atoms with Crippen LogP contribution in [0.3, 0.4) is 0 Å². The molecule has 0 aliphatic rings. The Labute approximate surface area is 116 Å². The Morgan fingerprint density at radius 1 is 1.11 bits per heavy atom. The number of nitrogens with one attached hydrogen (secondary N) is 2. The van der Waals surface area contributed by atoms with Crippen LogP contribution in [0.5, 0.6) is 0 Å². The maximum atomic E-state index is 11.8. The number of hydrogen-bond donors (Lipinski definition) is 3. The van der Waals surface area contributed by atoms with Crippen LogP contribution in [0, 0.1) is 0 Å². The third-order valence-electron chi connectivity index (χ3n) is 2.19. The van der Waals surface area contributed by atoms with E-state index in [-0.39, 0.29) is 11.7 Å². The number of amides is 2. The molecule has 0 radical (unpaired) electrons. The maximum absolute atomic E-state index is 11.8. The third-order valence-corrected chi connectivity index (χ3v) is 2.60. The number of halogens is 1. The summed E-state index contributed by atoms with van der Waals surface area (Å²) in [6, 6.07) is 7.81. The lowest BCUT2D eigenvalue weighted by Crippen LogP contribution is -2.11. The first kappa shape index (κ1) is 13.2. The van der Waals surface area contributed by atoms with Crippen molar-refractivity contribution in [1.29, 1.82) is 0 Å². The minimum absolute atomic E-state index is 0.180. The number of benzene rings is 1. The Hall–Kier alpha value is -2.28. The SMILES string of the molecule is O=C(O)Nc1ccc(NC(=O)c2cc(Br)co2)cc1.